The van der Waals surface area contributed by atoms with Crippen LogP contribution in [0.1, 0.15) is 59.6 Å². The topological polar surface area (TPSA) is 20.3 Å². The molecule has 0 aliphatic heterocycles. The first-order valence-electron chi connectivity index (χ1n) is 9.51. The van der Waals surface area contributed by atoms with Crippen molar-refractivity contribution in [2.24, 2.45) is 0 Å². The van der Waals surface area contributed by atoms with Crippen molar-refractivity contribution in [2.75, 3.05) is 18.0 Å². The maximum Gasteiger partial charge on any atom is 0.160 e. The van der Waals surface area contributed by atoms with Crippen molar-refractivity contribution in [1.82, 2.24) is 0 Å². The molecule has 1 heterocycles. The third-order valence-corrected chi connectivity index (χ3v) is 5.22. The fourth-order valence-corrected chi connectivity index (χ4v) is 3.44. The minimum atomic E-state index is 0.764. The van der Waals surface area contributed by atoms with E-state index in [1.165, 1.54) is 48.3 Å². The largest absolute Gasteiger partial charge is 0.372 e. The molecule has 0 N–H and O–H groups in total. The number of anilines is 1. The Morgan fingerprint density at radius 1 is 0.846 bits per heavy atom. The van der Waals surface area contributed by atoms with Crippen LogP contribution in [0.5, 0.6) is 0 Å². The molecule has 1 aromatic carbocycles. The molecular formula is C23H29NOS. The van der Waals surface area contributed by atoms with Crippen LogP contribution in [0.25, 0.3) is 12.2 Å². The van der Waals surface area contributed by atoms with E-state index >= 15 is 0 Å². The Hall–Kier alpha value is -2.13. The van der Waals surface area contributed by atoms with Gasteiger partial charge < -0.3 is 4.90 Å². The summed E-state index contributed by atoms with van der Waals surface area (Å²) in [6.07, 6.45) is 14.0. The van der Waals surface area contributed by atoms with Crippen molar-refractivity contribution in [3.8, 4) is 0 Å². The molecule has 0 fully saturated rings. The van der Waals surface area contributed by atoms with E-state index in [0.29, 0.717) is 0 Å². The van der Waals surface area contributed by atoms with Crippen molar-refractivity contribution < 1.29 is 4.79 Å². The zero-order valence-corrected chi connectivity index (χ0v) is 16.7. The summed E-state index contributed by atoms with van der Waals surface area (Å²) in [5, 5.41) is 0. The van der Waals surface area contributed by atoms with Gasteiger partial charge in [-0.3, -0.25) is 4.79 Å². The predicted octanol–water partition coefficient (Wildman–Crippen LogP) is 6.69. The molecule has 3 heteroatoms. The first-order valence-corrected chi connectivity index (χ1v) is 10.3. The Balaban J connectivity index is 1.95. The smallest absolute Gasteiger partial charge is 0.160 e. The number of carbonyl (C=O) groups is 1. The number of hydrogen-bond donors (Lipinski definition) is 0. The summed E-state index contributed by atoms with van der Waals surface area (Å²) in [7, 11) is 0. The Kier molecular flexibility index (Phi) is 8.91. The summed E-state index contributed by atoms with van der Waals surface area (Å²) >= 11 is 1.50. The zero-order valence-electron chi connectivity index (χ0n) is 15.9. The zero-order chi connectivity index (χ0) is 18.6. The molecule has 2 aromatic rings. The van der Waals surface area contributed by atoms with Gasteiger partial charge in [0.05, 0.1) is 4.88 Å². The Morgan fingerprint density at radius 3 is 2.04 bits per heavy atom. The van der Waals surface area contributed by atoms with Crippen LogP contribution in [-0.2, 0) is 0 Å². The molecule has 0 amide bonds. The van der Waals surface area contributed by atoms with Crippen LogP contribution in [-0.4, -0.2) is 19.4 Å². The molecular weight excluding hydrogens is 338 g/mol. The molecule has 2 rings (SSSR count). The van der Waals surface area contributed by atoms with Crippen molar-refractivity contribution in [3.63, 3.8) is 0 Å². The van der Waals surface area contributed by atoms with Crippen LogP contribution in [0.4, 0.5) is 5.69 Å². The van der Waals surface area contributed by atoms with Gasteiger partial charge in [-0.05, 0) is 48.7 Å². The molecule has 0 atom stereocenters. The molecule has 1 aromatic heterocycles. The lowest BCUT2D eigenvalue weighted by molar-refractivity contribution is 0.112. The average molecular weight is 368 g/mol. The molecule has 0 aliphatic carbocycles. The second-order valence-corrected chi connectivity index (χ2v) is 7.51. The number of aldehydes is 1. The summed E-state index contributed by atoms with van der Waals surface area (Å²) in [5.41, 5.74) is 2.52. The minimum absolute atomic E-state index is 0.764. The van der Waals surface area contributed by atoms with E-state index in [4.69, 9.17) is 0 Å². The quantitative estimate of drug-likeness (QED) is 0.325. The lowest BCUT2D eigenvalue weighted by Crippen LogP contribution is -2.25. The number of carbonyl (C=O) groups excluding carboxylic acids is 1. The number of allylic oxidation sites excluding steroid dienone is 2. The molecule has 0 bridgehead atoms. The number of nitrogens with zero attached hydrogens (tertiary/aromatic N) is 1. The summed E-state index contributed by atoms with van der Waals surface area (Å²) < 4.78 is 0. The summed E-state index contributed by atoms with van der Waals surface area (Å²) in [6.45, 7) is 6.76. The summed E-state index contributed by atoms with van der Waals surface area (Å²) in [5.74, 6) is 0. The average Bonchev–Trinajstić information content (AvgIpc) is 3.14. The molecule has 0 unspecified atom stereocenters. The Bertz CT molecular complexity index is 704. The third kappa shape index (κ3) is 6.64. The predicted molar refractivity (Wildman–Crippen MR) is 116 cm³/mol. The molecule has 26 heavy (non-hydrogen) atoms. The fraction of sp³-hybridized carbons (Fsp3) is 0.348. The van der Waals surface area contributed by atoms with Crippen molar-refractivity contribution in [2.45, 2.75) is 39.5 Å². The number of benzene rings is 1. The van der Waals surface area contributed by atoms with E-state index in [2.05, 4.69) is 49.1 Å². The normalized spacial score (nSPS) is 11.5. The Labute approximate surface area is 161 Å². The van der Waals surface area contributed by atoms with Gasteiger partial charge in [0.1, 0.15) is 0 Å². The molecule has 0 saturated heterocycles. The van der Waals surface area contributed by atoms with E-state index in [1.54, 1.807) is 0 Å². The molecule has 0 aliphatic rings. The fourth-order valence-electron chi connectivity index (χ4n) is 2.70. The van der Waals surface area contributed by atoms with Crippen LogP contribution in [0.15, 0.2) is 48.6 Å². The van der Waals surface area contributed by atoms with E-state index in [1.807, 2.05) is 30.4 Å². The van der Waals surface area contributed by atoms with Crippen molar-refractivity contribution in [3.05, 3.63) is 63.9 Å². The molecule has 2 nitrogen and oxygen atoms in total. The maximum atomic E-state index is 10.7. The van der Waals surface area contributed by atoms with E-state index < -0.39 is 0 Å². The van der Waals surface area contributed by atoms with E-state index in [9.17, 15) is 4.79 Å². The van der Waals surface area contributed by atoms with Crippen molar-refractivity contribution in [1.29, 1.82) is 0 Å². The molecule has 138 valence electrons. The van der Waals surface area contributed by atoms with Crippen LogP contribution in [0.2, 0.25) is 0 Å². The number of rotatable bonds is 11. The van der Waals surface area contributed by atoms with Gasteiger partial charge in [-0.2, -0.15) is 0 Å². The van der Waals surface area contributed by atoms with Crippen LogP contribution >= 0.6 is 11.3 Å². The lowest BCUT2D eigenvalue weighted by Gasteiger charge is -2.24. The highest BCUT2D eigenvalue weighted by molar-refractivity contribution is 7.14. The SMILES string of the molecule is CCCCN(CCCC)c1ccc(C=CC=Cc2ccc(C=O)s2)cc1. The monoisotopic (exact) mass is 367 g/mol. The highest BCUT2D eigenvalue weighted by atomic mass is 32.1. The van der Waals surface area contributed by atoms with E-state index in [0.717, 1.165) is 29.1 Å². The second kappa shape index (κ2) is 11.5. The lowest BCUT2D eigenvalue weighted by atomic mass is 10.1. The van der Waals surface area contributed by atoms with Gasteiger partial charge in [0.2, 0.25) is 0 Å². The molecule has 0 saturated carbocycles. The second-order valence-electron chi connectivity index (χ2n) is 6.36. The maximum absolute atomic E-state index is 10.7. The third-order valence-electron chi connectivity index (χ3n) is 4.25. The van der Waals surface area contributed by atoms with Crippen LogP contribution in [0.3, 0.4) is 0 Å². The van der Waals surface area contributed by atoms with Gasteiger partial charge >= 0.3 is 0 Å². The Morgan fingerprint density at radius 2 is 1.46 bits per heavy atom. The van der Waals surface area contributed by atoms with Gasteiger partial charge in [0.15, 0.2) is 6.29 Å². The van der Waals surface area contributed by atoms with Gasteiger partial charge in [0, 0.05) is 23.7 Å². The van der Waals surface area contributed by atoms with Crippen LogP contribution < -0.4 is 4.90 Å². The van der Waals surface area contributed by atoms with Gasteiger partial charge in [-0.25, -0.2) is 0 Å². The standard InChI is InChI=1S/C23H29NOS/c1-3-5-17-24(18-6-4-2)21-13-11-20(12-14-21)9-7-8-10-22-15-16-23(19-25)26-22/h7-16,19H,3-6,17-18H2,1-2H3. The number of unbranched alkanes of at least 4 members (excludes halogenated alkanes) is 2. The van der Waals surface area contributed by atoms with Gasteiger partial charge in [-0.15, -0.1) is 11.3 Å². The highest BCUT2D eigenvalue weighted by Crippen LogP contribution is 2.18. The summed E-state index contributed by atoms with van der Waals surface area (Å²) in [4.78, 5) is 15.1. The van der Waals surface area contributed by atoms with E-state index in [-0.39, 0.29) is 0 Å². The number of thiophene rings is 1. The van der Waals surface area contributed by atoms with Crippen LogP contribution in [0, 0.1) is 0 Å². The first-order chi connectivity index (χ1) is 12.8. The molecule has 0 spiro atoms. The number of hydrogen-bond acceptors (Lipinski definition) is 3. The highest BCUT2D eigenvalue weighted by Gasteiger charge is 2.05. The molecule has 0 radical (unpaired) electrons. The first kappa shape index (κ1) is 20.2. The van der Waals surface area contributed by atoms with Gasteiger partial charge in [0.25, 0.3) is 0 Å². The minimum Gasteiger partial charge on any atom is -0.372 e. The summed E-state index contributed by atoms with van der Waals surface area (Å²) in [6, 6.07) is 12.6. The van der Waals surface area contributed by atoms with Gasteiger partial charge in [-0.1, -0.05) is 57.0 Å². The van der Waals surface area contributed by atoms with Crippen molar-refractivity contribution >= 4 is 35.5 Å².